The van der Waals surface area contributed by atoms with Crippen LogP contribution in [0.15, 0.2) is 10.3 Å². The zero-order valence-electron chi connectivity index (χ0n) is 7.08. The summed E-state index contributed by atoms with van der Waals surface area (Å²) in [4.78, 5) is 0. The molecule has 1 aromatic rings. The first-order valence-electron chi connectivity index (χ1n) is 3.55. The Balaban J connectivity index is 2.32. The van der Waals surface area contributed by atoms with E-state index in [1.54, 1.807) is 11.7 Å². The molecule has 0 radical (unpaired) electrons. The molecule has 0 spiro atoms. The van der Waals surface area contributed by atoms with E-state index in [0.717, 1.165) is 0 Å². The Labute approximate surface area is 79.0 Å². The van der Waals surface area contributed by atoms with Gasteiger partial charge in [-0.2, -0.15) is 0 Å². The van der Waals surface area contributed by atoms with Gasteiger partial charge in [0, 0.05) is 19.2 Å². The Morgan fingerprint density at radius 3 is 3.08 bits per heavy atom. The number of aromatic nitrogens is 4. The van der Waals surface area contributed by atoms with Crippen LogP contribution in [0.1, 0.15) is 6.42 Å². The van der Waals surface area contributed by atoms with Crippen molar-refractivity contribution in [3.05, 3.63) is 0 Å². The van der Waals surface area contributed by atoms with Crippen molar-refractivity contribution >= 4 is 17.6 Å². The zero-order chi connectivity index (χ0) is 9.68. The molecule has 8 heteroatoms. The topological polar surface area (TPSA) is 102 Å². The summed E-state index contributed by atoms with van der Waals surface area (Å²) >= 11 is 1.45. The Morgan fingerprint density at radius 1 is 1.77 bits per heavy atom. The Morgan fingerprint density at radius 2 is 2.54 bits per heavy atom. The van der Waals surface area contributed by atoms with Crippen LogP contribution in [0.25, 0.3) is 0 Å². The smallest absolute Gasteiger partial charge is 0.209 e. The van der Waals surface area contributed by atoms with Crippen LogP contribution in [0.2, 0.25) is 0 Å². The van der Waals surface area contributed by atoms with Crippen LogP contribution in [-0.4, -0.2) is 37.0 Å². The van der Waals surface area contributed by atoms with Crippen LogP contribution < -0.4 is 5.73 Å². The third-order valence-corrected chi connectivity index (χ3v) is 2.31. The molecule has 0 fully saturated rings. The highest BCUT2D eigenvalue weighted by atomic mass is 32.2. The lowest BCUT2D eigenvalue weighted by Gasteiger charge is -1.97. The van der Waals surface area contributed by atoms with Gasteiger partial charge < -0.3 is 10.9 Å². The highest BCUT2D eigenvalue weighted by Gasteiger charge is 2.02. The van der Waals surface area contributed by atoms with Crippen LogP contribution in [0.3, 0.4) is 0 Å². The number of amidine groups is 1. The van der Waals surface area contributed by atoms with Crippen molar-refractivity contribution in [3.8, 4) is 0 Å². The van der Waals surface area contributed by atoms with E-state index in [9.17, 15) is 0 Å². The molecule has 7 nitrogen and oxygen atoms in total. The molecule has 0 bridgehead atoms. The first kappa shape index (κ1) is 9.78. The molecule has 0 saturated carbocycles. The minimum absolute atomic E-state index is 0.211. The number of hydrogen-bond acceptors (Lipinski definition) is 6. The molecule has 0 aliphatic rings. The van der Waals surface area contributed by atoms with Crippen molar-refractivity contribution in [3.63, 3.8) is 0 Å². The van der Waals surface area contributed by atoms with Crippen LogP contribution in [0.5, 0.6) is 0 Å². The number of oxime groups is 1. The molecule has 3 N–H and O–H groups in total. The van der Waals surface area contributed by atoms with Crippen LogP contribution >= 0.6 is 11.8 Å². The molecule has 0 aliphatic heterocycles. The summed E-state index contributed by atoms with van der Waals surface area (Å²) in [6.45, 7) is 0. The minimum Gasteiger partial charge on any atom is -0.409 e. The van der Waals surface area contributed by atoms with Gasteiger partial charge in [0.05, 0.1) is 0 Å². The normalized spacial score (nSPS) is 11.9. The fourth-order valence-electron chi connectivity index (χ4n) is 0.640. The van der Waals surface area contributed by atoms with Gasteiger partial charge in [0.25, 0.3) is 0 Å². The van der Waals surface area contributed by atoms with Crippen molar-refractivity contribution in [2.24, 2.45) is 17.9 Å². The highest BCUT2D eigenvalue weighted by Crippen LogP contribution is 2.12. The number of thioether (sulfide) groups is 1. The van der Waals surface area contributed by atoms with Gasteiger partial charge in [0.1, 0.15) is 5.84 Å². The predicted octanol–water partition coefficient (Wildman–Crippen LogP) is -0.561. The molecule has 0 aromatic carbocycles. The van der Waals surface area contributed by atoms with Crippen molar-refractivity contribution in [2.75, 3.05) is 5.75 Å². The Bertz CT molecular complexity index is 297. The molecule has 1 rings (SSSR count). The van der Waals surface area contributed by atoms with Gasteiger partial charge in [0.15, 0.2) is 0 Å². The molecule has 0 amide bonds. The molecule has 1 heterocycles. The summed E-state index contributed by atoms with van der Waals surface area (Å²) in [5.74, 6) is 0.895. The Hall–Kier alpha value is -1.31. The predicted molar refractivity (Wildman–Crippen MR) is 47.5 cm³/mol. The van der Waals surface area contributed by atoms with E-state index in [-0.39, 0.29) is 5.84 Å². The lowest BCUT2D eigenvalue weighted by atomic mass is 10.5. The standard InChI is InChI=1S/C5H10N6OS/c1-11-5(7-9-10-11)13-3-2-4(6)8-12/h12H,2-3H2,1H3,(H2,6,8). The lowest BCUT2D eigenvalue weighted by Crippen LogP contribution is -2.12. The largest absolute Gasteiger partial charge is 0.409 e. The van der Waals surface area contributed by atoms with E-state index in [1.165, 1.54) is 11.8 Å². The maximum atomic E-state index is 8.25. The number of nitrogens with zero attached hydrogens (tertiary/aromatic N) is 5. The molecular formula is C5H10N6OS. The summed E-state index contributed by atoms with van der Waals surface area (Å²) < 4.78 is 1.57. The minimum atomic E-state index is 0.211. The van der Waals surface area contributed by atoms with Crippen LogP contribution in [0, 0.1) is 0 Å². The maximum absolute atomic E-state index is 8.25. The number of nitrogens with two attached hydrogens (primary N) is 1. The second kappa shape index (κ2) is 4.65. The molecule has 0 saturated heterocycles. The van der Waals surface area contributed by atoms with Crippen molar-refractivity contribution in [2.45, 2.75) is 11.6 Å². The first-order valence-corrected chi connectivity index (χ1v) is 4.54. The third kappa shape index (κ3) is 2.90. The second-order valence-corrected chi connectivity index (χ2v) is 3.34. The van der Waals surface area contributed by atoms with E-state index in [1.807, 2.05) is 0 Å². The molecule has 0 atom stereocenters. The van der Waals surface area contributed by atoms with Gasteiger partial charge in [-0.05, 0) is 10.4 Å². The first-order chi connectivity index (χ1) is 6.24. The van der Waals surface area contributed by atoms with Gasteiger partial charge in [-0.3, -0.25) is 0 Å². The molecule has 0 aliphatic carbocycles. The molecule has 72 valence electrons. The van der Waals surface area contributed by atoms with Crippen molar-refractivity contribution in [1.82, 2.24) is 20.2 Å². The van der Waals surface area contributed by atoms with Gasteiger partial charge in [-0.1, -0.05) is 16.9 Å². The van der Waals surface area contributed by atoms with Crippen molar-refractivity contribution in [1.29, 1.82) is 0 Å². The number of aryl methyl sites for hydroxylation is 1. The van der Waals surface area contributed by atoms with Crippen LogP contribution in [0.4, 0.5) is 0 Å². The lowest BCUT2D eigenvalue weighted by molar-refractivity contribution is 0.317. The van der Waals surface area contributed by atoms with E-state index >= 15 is 0 Å². The van der Waals surface area contributed by atoms with Gasteiger partial charge in [-0.25, -0.2) is 4.68 Å². The average molecular weight is 202 g/mol. The summed E-state index contributed by atoms with van der Waals surface area (Å²) in [6.07, 6.45) is 0.508. The summed E-state index contributed by atoms with van der Waals surface area (Å²) in [7, 11) is 1.76. The van der Waals surface area contributed by atoms with E-state index < -0.39 is 0 Å². The van der Waals surface area contributed by atoms with E-state index in [0.29, 0.717) is 17.3 Å². The number of tetrazole rings is 1. The van der Waals surface area contributed by atoms with Gasteiger partial charge >= 0.3 is 0 Å². The van der Waals surface area contributed by atoms with Gasteiger partial charge in [-0.15, -0.1) is 5.10 Å². The van der Waals surface area contributed by atoms with E-state index in [2.05, 4.69) is 20.7 Å². The monoisotopic (exact) mass is 202 g/mol. The molecule has 0 unspecified atom stereocenters. The zero-order valence-corrected chi connectivity index (χ0v) is 7.90. The highest BCUT2D eigenvalue weighted by molar-refractivity contribution is 7.99. The maximum Gasteiger partial charge on any atom is 0.209 e. The Kier molecular flexibility index (Phi) is 3.50. The van der Waals surface area contributed by atoms with E-state index in [4.69, 9.17) is 10.9 Å². The quantitative estimate of drug-likeness (QED) is 0.223. The second-order valence-electron chi connectivity index (χ2n) is 2.27. The summed E-state index contributed by atoms with van der Waals surface area (Å²) in [6, 6.07) is 0. The molecule has 1 aromatic heterocycles. The SMILES string of the molecule is Cn1nnnc1SCC/C(N)=N/O. The number of rotatable bonds is 4. The summed E-state index contributed by atoms with van der Waals surface area (Å²) in [5, 5.41) is 22.7. The van der Waals surface area contributed by atoms with Gasteiger partial charge in [0.2, 0.25) is 5.16 Å². The van der Waals surface area contributed by atoms with Crippen LogP contribution in [-0.2, 0) is 7.05 Å². The summed E-state index contributed by atoms with van der Waals surface area (Å²) in [5.41, 5.74) is 5.28. The molecule has 13 heavy (non-hydrogen) atoms. The fourth-order valence-corrected chi connectivity index (χ4v) is 1.45. The number of hydrogen-bond donors (Lipinski definition) is 2. The average Bonchev–Trinajstić information content (AvgIpc) is 2.52. The molecular weight excluding hydrogens is 192 g/mol. The fraction of sp³-hybridized carbons (Fsp3) is 0.600. The van der Waals surface area contributed by atoms with Crippen molar-refractivity contribution < 1.29 is 5.21 Å². The third-order valence-electron chi connectivity index (χ3n) is 1.30.